The number of methoxy groups -OCH3 is 1. The van der Waals surface area contributed by atoms with Crippen molar-refractivity contribution in [3.05, 3.63) is 74.6 Å². The highest BCUT2D eigenvalue weighted by atomic mass is 79.9. The monoisotopic (exact) mass is 397 g/mol. The second-order valence-corrected chi connectivity index (χ2v) is 7.88. The van der Waals surface area contributed by atoms with Gasteiger partial charge in [-0.3, -0.25) is 9.36 Å². The molecule has 4 heteroatoms. The smallest absolute Gasteiger partial charge is 0.262 e. The average molecular weight is 398 g/mol. The normalized spacial score (nSPS) is 15.5. The number of halogens is 1. The summed E-state index contributed by atoms with van der Waals surface area (Å²) in [6.45, 7) is 2.73. The fourth-order valence-electron chi connectivity index (χ4n) is 3.35. The summed E-state index contributed by atoms with van der Waals surface area (Å²) in [5, 5.41) is 1.76. The predicted molar refractivity (Wildman–Crippen MR) is 105 cm³/mol. The molecule has 1 heterocycles. The summed E-state index contributed by atoms with van der Waals surface area (Å²) in [5.74, 6) is 0. The van der Waals surface area contributed by atoms with Crippen molar-refractivity contribution in [3.63, 3.8) is 0 Å². The van der Waals surface area contributed by atoms with E-state index in [0.717, 1.165) is 26.5 Å². The zero-order chi connectivity index (χ0) is 17.6. The van der Waals surface area contributed by atoms with Gasteiger partial charge in [-0.15, -0.1) is 0 Å². The zero-order valence-electron chi connectivity index (χ0n) is 14.4. The van der Waals surface area contributed by atoms with Gasteiger partial charge in [0.2, 0.25) is 0 Å². The third-order valence-corrected chi connectivity index (χ3v) is 5.99. The van der Waals surface area contributed by atoms with E-state index in [2.05, 4.69) is 35.0 Å². The molecule has 1 aliphatic rings. The molecule has 0 radical (unpaired) electrons. The van der Waals surface area contributed by atoms with Crippen molar-refractivity contribution in [2.75, 3.05) is 7.11 Å². The van der Waals surface area contributed by atoms with Crippen LogP contribution in [0.3, 0.4) is 0 Å². The van der Waals surface area contributed by atoms with Crippen LogP contribution in [0.2, 0.25) is 0 Å². The molecule has 0 bridgehead atoms. The quantitative estimate of drug-likeness (QED) is 0.623. The van der Waals surface area contributed by atoms with Crippen LogP contribution in [-0.2, 0) is 16.8 Å². The molecule has 0 aliphatic heterocycles. The van der Waals surface area contributed by atoms with Crippen molar-refractivity contribution < 1.29 is 4.74 Å². The van der Waals surface area contributed by atoms with Crippen LogP contribution in [0.5, 0.6) is 0 Å². The summed E-state index contributed by atoms with van der Waals surface area (Å²) >= 11 is 3.56. The molecule has 0 saturated heterocycles. The minimum Gasteiger partial charge on any atom is -0.380 e. The molecular weight excluding hydrogens is 378 g/mol. The Kier molecular flexibility index (Phi) is 4.05. The van der Waals surface area contributed by atoms with Crippen LogP contribution in [0.1, 0.15) is 30.9 Å². The minimum atomic E-state index is 0.000420. The highest BCUT2D eigenvalue weighted by molar-refractivity contribution is 9.10. The Morgan fingerprint density at radius 3 is 2.72 bits per heavy atom. The third kappa shape index (κ3) is 2.83. The number of rotatable bonds is 4. The van der Waals surface area contributed by atoms with Gasteiger partial charge in [0.1, 0.15) is 0 Å². The van der Waals surface area contributed by atoms with Crippen LogP contribution in [0.15, 0.2) is 57.9 Å². The average Bonchev–Trinajstić information content (AvgIpc) is 3.36. The van der Waals surface area contributed by atoms with Crippen LogP contribution < -0.4 is 5.56 Å². The second kappa shape index (κ2) is 6.11. The summed E-state index contributed by atoms with van der Waals surface area (Å²) in [5.41, 5.74) is 3.45. The molecule has 0 N–H and O–H groups in total. The Bertz CT molecular complexity index is 1020. The van der Waals surface area contributed by atoms with Crippen molar-refractivity contribution in [2.24, 2.45) is 0 Å². The molecule has 25 heavy (non-hydrogen) atoms. The number of pyridine rings is 1. The van der Waals surface area contributed by atoms with E-state index in [1.54, 1.807) is 11.7 Å². The molecule has 0 atom stereocenters. The van der Waals surface area contributed by atoms with Gasteiger partial charge in [0.15, 0.2) is 0 Å². The SMILES string of the molecule is COCc1c(Br)cccc1-n1ccc2cc(C3(C)CC3)ccc2c1=O. The number of fused-ring (bicyclic) bond motifs is 1. The van der Waals surface area contributed by atoms with Gasteiger partial charge in [-0.25, -0.2) is 0 Å². The lowest BCUT2D eigenvalue weighted by atomic mass is 9.96. The third-order valence-electron chi connectivity index (χ3n) is 5.24. The van der Waals surface area contributed by atoms with Crippen LogP contribution in [0.4, 0.5) is 0 Å². The van der Waals surface area contributed by atoms with Gasteiger partial charge >= 0.3 is 0 Å². The fraction of sp³-hybridized carbons (Fsp3) is 0.286. The largest absolute Gasteiger partial charge is 0.380 e. The van der Waals surface area contributed by atoms with E-state index in [4.69, 9.17) is 4.74 Å². The molecule has 4 rings (SSSR count). The summed E-state index contributed by atoms with van der Waals surface area (Å²) < 4.78 is 7.96. The molecule has 0 spiro atoms. The van der Waals surface area contributed by atoms with Gasteiger partial charge in [-0.2, -0.15) is 0 Å². The summed E-state index contributed by atoms with van der Waals surface area (Å²) in [4.78, 5) is 13.1. The topological polar surface area (TPSA) is 31.2 Å². The van der Waals surface area contributed by atoms with E-state index in [1.807, 2.05) is 36.5 Å². The Morgan fingerprint density at radius 2 is 2.00 bits per heavy atom. The first-order valence-electron chi connectivity index (χ1n) is 8.46. The fourth-order valence-corrected chi connectivity index (χ4v) is 3.82. The van der Waals surface area contributed by atoms with Gasteiger partial charge in [0.25, 0.3) is 5.56 Å². The molecule has 128 valence electrons. The van der Waals surface area contributed by atoms with E-state index in [9.17, 15) is 4.79 Å². The maximum absolute atomic E-state index is 13.1. The van der Waals surface area contributed by atoms with Crippen LogP contribution >= 0.6 is 15.9 Å². The first-order chi connectivity index (χ1) is 12.0. The maximum Gasteiger partial charge on any atom is 0.262 e. The molecule has 3 nitrogen and oxygen atoms in total. The van der Waals surface area contributed by atoms with Gasteiger partial charge < -0.3 is 4.74 Å². The highest BCUT2D eigenvalue weighted by Crippen LogP contribution is 2.47. The number of ether oxygens (including phenoxy) is 1. The predicted octanol–water partition coefficient (Wildman–Crippen LogP) is 4.95. The van der Waals surface area contributed by atoms with E-state index >= 15 is 0 Å². The number of hydrogen-bond acceptors (Lipinski definition) is 2. The molecule has 1 saturated carbocycles. The Labute approximate surface area is 155 Å². The Hall–Kier alpha value is -1.91. The van der Waals surface area contributed by atoms with Gasteiger partial charge in [0, 0.05) is 28.7 Å². The van der Waals surface area contributed by atoms with E-state index in [0.29, 0.717) is 12.0 Å². The molecule has 1 aliphatic carbocycles. The lowest BCUT2D eigenvalue weighted by molar-refractivity contribution is 0.184. The first-order valence-corrected chi connectivity index (χ1v) is 9.25. The van der Waals surface area contributed by atoms with Crippen molar-refractivity contribution in [3.8, 4) is 5.69 Å². The van der Waals surface area contributed by atoms with E-state index < -0.39 is 0 Å². The van der Waals surface area contributed by atoms with Crippen molar-refractivity contribution in [1.29, 1.82) is 0 Å². The second-order valence-electron chi connectivity index (χ2n) is 7.02. The van der Waals surface area contributed by atoms with E-state index in [-0.39, 0.29) is 5.56 Å². The highest BCUT2D eigenvalue weighted by Gasteiger charge is 2.38. The summed E-state index contributed by atoms with van der Waals surface area (Å²) in [7, 11) is 1.66. The molecule has 3 aromatic rings. The zero-order valence-corrected chi connectivity index (χ0v) is 16.0. The lowest BCUT2D eigenvalue weighted by Gasteiger charge is -2.15. The number of nitrogens with zero attached hydrogens (tertiary/aromatic N) is 1. The van der Waals surface area contributed by atoms with Crippen LogP contribution in [0.25, 0.3) is 16.5 Å². The van der Waals surface area contributed by atoms with Gasteiger partial charge in [-0.05, 0) is 53.5 Å². The molecule has 1 fully saturated rings. The van der Waals surface area contributed by atoms with Gasteiger partial charge in [-0.1, -0.05) is 41.1 Å². The van der Waals surface area contributed by atoms with Crippen LogP contribution in [-0.4, -0.2) is 11.7 Å². The minimum absolute atomic E-state index is 0.000420. The molecule has 0 amide bonds. The van der Waals surface area contributed by atoms with Crippen molar-refractivity contribution in [2.45, 2.75) is 31.8 Å². The van der Waals surface area contributed by atoms with Gasteiger partial charge in [0.05, 0.1) is 12.3 Å². The Balaban J connectivity index is 1.89. The van der Waals surface area contributed by atoms with E-state index in [1.165, 1.54) is 18.4 Å². The van der Waals surface area contributed by atoms with Crippen molar-refractivity contribution in [1.82, 2.24) is 4.57 Å². The molecule has 1 aromatic heterocycles. The molecule has 2 aromatic carbocycles. The summed E-state index contributed by atoms with van der Waals surface area (Å²) in [6.07, 6.45) is 4.33. The summed E-state index contributed by atoms with van der Waals surface area (Å²) in [6, 6.07) is 14.1. The lowest BCUT2D eigenvalue weighted by Crippen LogP contribution is -2.19. The first kappa shape index (κ1) is 16.6. The Morgan fingerprint density at radius 1 is 1.20 bits per heavy atom. The molecular formula is C21H20BrNO2. The number of aromatic nitrogens is 1. The maximum atomic E-state index is 13.1. The van der Waals surface area contributed by atoms with Crippen LogP contribution in [0, 0.1) is 0 Å². The molecule has 0 unspecified atom stereocenters. The van der Waals surface area contributed by atoms with Crippen molar-refractivity contribution >= 4 is 26.7 Å². The number of hydrogen-bond donors (Lipinski definition) is 0. The standard InChI is InChI=1S/C21H20BrNO2/c1-21(9-10-21)15-6-7-16-14(12-15)8-11-23(20(16)24)19-5-3-4-18(22)17(19)13-25-2/h3-8,11-12H,9-10,13H2,1-2H3. The number of benzene rings is 2.